The number of hydrogen-bond donors (Lipinski definition) is 1. The minimum atomic E-state index is -0.754. The number of piperidine rings is 1. The van der Waals surface area contributed by atoms with Crippen LogP contribution in [0.15, 0.2) is 12.2 Å². The van der Waals surface area contributed by atoms with Gasteiger partial charge in [-0.25, -0.2) is 0 Å². The molecule has 0 saturated carbocycles. The SMILES string of the molecule is CC(C)(C)C=CC(=O)N1CCCC(CCC(=O)O)C1. The van der Waals surface area contributed by atoms with Crippen molar-refractivity contribution in [1.29, 1.82) is 0 Å². The van der Waals surface area contributed by atoms with Crippen molar-refractivity contribution in [2.45, 2.75) is 46.5 Å². The zero-order valence-electron chi connectivity index (χ0n) is 12.2. The molecule has 0 aliphatic carbocycles. The molecule has 1 unspecified atom stereocenters. The standard InChI is InChI=1S/C15H25NO3/c1-15(2,3)9-8-13(17)16-10-4-5-12(11-16)6-7-14(18)19/h8-9,12H,4-7,10-11H2,1-3H3,(H,18,19). The summed E-state index contributed by atoms with van der Waals surface area (Å²) in [7, 11) is 0. The molecular formula is C15H25NO3. The van der Waals surface area contributed by atoms with Crippen molar-refractivity contribution in [1.82, 2.24) is 4.90 Å². The molecule has 1 rings (SSSR count). The number of carboxylic acid groups (broad SMARTS) is 1. The van der Waals surface area contributed by atoms with Crippen molar-refractivity contribution in [2.24, 2.45) is 11.3 Å². The average Bonchev–Trinajstić information content (AvgIpc) is 2.33. The second kappa shape index (κ2) is 6.73. The number of likely N-dealkylation sites (tertiary alicyclic amines) is 1. The number of hydrogen-bond acceptors (Lipinski definition) is 2. The molecule has 1 amide bonds. The van der Waals surface area contributed by atoms with E-state index in [1.54, 1.807) is 6.08 Å². The highest BCUT2D eigenvalue weighted by Crippen LogP contribution is 2.22. The Hall–Kier alpha value is -1.32. The fourth-order valence-electron chi connectivity index (χ4n) is 2.26. The molecule has 1 aliphatic heterocycles. The minimum absolute atomic E-state index is 0.00809. The first-order chi connectivity index (χ1) is 8.78. The van der Waals surface area contributed by atoms with E-state index >= 15 is 0 Å². The molecule has 1 saturated heterocycles. The Balaban J connectivity index is 2.47. The highest BCUT2D eigenvalue weighted by atomic mass is 16.4. The lowest BCUT2D eigenvalue weighted by atomic mass is 9.93. The molecule has 0 aromatic heterocycles. The van der Waals surface area contributed by atoms with Gasteiger partial charge in [-0.05, 0) is 36.7 Å². The zero-order chi connectivity index (χ0) is 14.5. The molecule has 108 valence electrons. The number of carbonyl (C=O) groups excluding carboxylic acids is 1. The summed E-state index contributed by atoms with van der Waals surface area (Å²) in [5, 5.41) is 8.70. The number of rotatable bonds is 4. The first kappa shape index (κ1) is 15.7. The molecule has 0 radical (unpaired) electrons. The third kappa shape index (κ3) is 6.41. The van der Waals surface area contributed by atoms with Gasteiger partial charge in [0.2, 0.25) is 5.91 Å². The van der Waals surface area contributed by atoms with Crippen LogP contribution in [0.3, 0.4) is 0 Å². The van der Waals surface area contributed by atoms with Gasteiger partial charge in [0.1, 0.15) is 0 Å². The summed E-state index contributed by atoms with van der Waals surface area (Å²) in [4.78, 5) is 24.5. The molecule has 19 heavy (non-hydrogen) atoms. The smallest absolute Gasteiger partial charge is 0.303 e. The molecule has 0 spiro atoms. The number of allylic oxidation sites excluding steroid dienone is 1. The van der Waals surface area contributed by atoms with Crippen LogP contribution in [0.2, 0.25) is 0 Å². The summed E-state index contributed by atoms with van der Waals surface area (Å²) in [6, 6.07) is 0. The Morgan fingerprint density at radius 1 is 1.37 bits per heavy atom. The Bertz CT molecular complexity index is 355. The maximum Gasteiger partial charge on any atom is 0.303 e. The molecule has 0 aromatic carbocycles. The third-order valence-electron chi connectivity index (χ3n) is 3.32. The molecule has 4 heteroatoms. The van der Waals surface area contributed by atoms with Gasteiger partial charge in [0.15, 0.2) is 0 Å². The monoisotopic (exact) mass is 267 g/mol. The van der Waals surface area contributed by atoms with Gasteiger partial charge in [0, 0.05) is 19.5 Å². The van der Waals surface area contributed by atoms with Gasteiger partial charge in [-0.3, -0.25) is 9.59 Å². The fourth-order valence-corrected chi connectivity index (χ4v) is 2.26. The van der Waals surface area contributed by atoms with Crippen LogP contribution in [0.5, 0.6) is 0 Å². The topological polar surface area (TPSA) is 57.6 Å². The third-order valence-corrected chi connectivity index (χ3v) is 3.32. The summed E-state index contributed by atoms with van der Waals surface area (Å²) >= 11 is 0. The number of nitrogens with zero attached hydrogens (tertiary/aromatic N) is 1. The quantitative estimate of drug-likeness (QED) is 0.797. The molecule has 0 bridgehead atoms. The van der Waals surface area contributed by atoms with E-state index in [9.17, 15) is 9.59 Å². The highest BCUT2D eigenvalue weighted by molar-refractivity contribution is 5.87. The molecule has 1 atom stereocenters. The van der Waals surface area contributed by atoms with Crippen molar-refractivity contribution < 1.29 is 14.7 Å². The Labute approximate surface area is 115 Å². The van der Waals surface area contributed by atoms with Crippen LogP contribution in [-0.2, 0) is 9.59 Å². The first-order valence-electron chi connectivity index (χ1n) is 6.98. The largest absolute Gasteiger partial charge is 0.481 e. The van der Waals surface area contributed by atoms with Crippen molar-refractivity contribution >= 4 is 11.9 Å². The molecule has 0 aromatic rings. The number of carboxylic acids is 1. The average molecular weight is 267 g/mol. The van der Waals surface area contributed by atoms with Gasteiger partial charge < -0.3 is 10.0 Å². The normalized spacial score (nSPS) is 20.8. The van der Waals surface area contributed by atoms with E-state index in [0.29, 0.717) is 18.9 Å². The van der Waals surface area contributed by atoms with Crippen LogP contribution in [0, 0.1) is 11.3 Å². The van der Waals surface area contributed by atoms with Gasteiger partial charge in [-0.2, -0.15) is 0 Å². The Morgan fingerprint density at radius 3 is 2.63 bits per heavy atom. The lowest BCUT2D eigenvalue weighted by Gasteiger charge is -2.32. The lowest BCUT2D eigenvalue weighted by Crippen LogP contribution is -2.39. The molecule has 1 N–H and O–H groups in total. The first-order valence-corrected chi connectivity index (χ1v) is 6.98. The van der Waals surface area contributed by atoms with E-state index in [1.165, 1.54) is 0 Å². The molecule has 1 fully saturated rings. The summed E-state index contributed by atoms with van der Waals surface area (Å²) in [6.45, 7) is 7.66. The van der Waals surface area contributed by atoms with Crippen molar-refractivity contribution in [3.63, 3.8) is 0 Å². The van der Waals surface area contributed by atoms with E-state index < -0.39 is 5.97 Å². The van der Waals surface area contributed by atoms with E-state index in [0.717, 1.165) is 19.4 Å². The maximum atomic E-state index is 12.1. The molecule has 4 nitrogen and oxygen atoms in total. The molecular weight excluding hydrogens is 242 g/mol. The Morgan fingerprint density at radius 2 is 2.05 bits per heavy atom. The van der Waals surface area contributed by atoms with Gasteiger partial charge in [0.05, 0.1) is 0 Å². The lowest BCUT2D eigenvalue weighted by molar-refractivity contribution is -0.137. The van der Waals surface area contributed by atoms with E-state index in [1.807, 2.05) is 11.0 Å². The van der Waals surface area contributed by atoms with Gasteiger partial charge in [-0.1, -0.05) is 26.8 Å². The number of amides is 1. The van der Waals surface area contributed by atoms with Crippen LogP contribution in [0.25, 0.3) is 0 Å². The van der Waals surface area contributed by atoms with Crippen molar-refractivity contribution in [3.8, 4) is 0 Å². The number of aliphatic carboxylic acids is 1. The zero-order valence-corrected chi connectivity index (χ0v) is 12.2. The predicted octanol–water partition coefficient (Wildman–Crippen LogP) is 2.69. The van der Waals surface area contributed by atoms with E-state index in [-0.39, 0.29) is 17.7 Å². The second-order valence-corrected chi connectivity index (χ2v) is 6.42. The van der Waals surface area contributed by atoms with E-state index in [4.69, 9.17) is 5.11 Å². The molecule has 1 heterocycles. The fraction of sp³-hybridized carbons (Fsp3) is 0.733. The second-order valence-electron chi connectivity index (χ2n) is 6.42. The van der Waals surface area contributed by atoms with Gasteiger partial charge in [-0.15, -0.1) is 0 Å². The minimum Gasteiger partial charge on any atom is -0.481 e. The van der Waals surface area contributed by atoms with Crippen LogP contribution in [0.4, 0.5) is 0 Å². The summed E-state index contributed by atoms with van der Waals surface area (Å²) in [6.07, 6.45) is 6.45. The van der Waals surface area contributed by atoms with E-state index in [2.05, 4.69) is 20.8 Å². The number of carbonyl (C=O) groups is 2. The van der Waals surface area contributed by atoms with Crippen molar-refractivity contribution in [3.05, 3.63) is 12.2 Å². The maximum absolute atomic E-state index is 12.1. The summed E-state index contributed by atoms with van der Waals surface area (Å²) < 4.78 is 0. The van der Waals surface area contributed by atoms with Crippen LogP contribution in [0.1, 0.15) is 46.5 Å². The van der Waals surface area contributed by atoms with Crippen molar-refractivity contribution in [2.75, 3.05) is 13.1 Å². The van der Waals surface area contributed by atoms with Crippen LogP contribution in [-0.4, -0.2) is 35.0 Å². The van der Waals surface area contributed by atoms with Gasteiger partial charge >= 0.3 is 5.97 Å². The highest BCUT2D eigenvalue weighted by Gasteiger charge is 2.23. The van der Waals surface area contributed by atoms with Gasteiger partial charge in [0.25, 0.3) is 0 Å². The van der Waals surface area contributed by atoms with Crippen LogP contribution >= 0.6 is 0 Å². The Kier molecular flexibility index (Phi) is 5.58. The summed E-state index contributed by atoms with van der Waals surface area (Å²) in [5.74, 6) is -0.372. The molecule has 1 aliphatic rings. The summed E-state index contributed by atoms with van der Waals surface area (Å²) in [5.41, 5.74) is 0.00809. The predicted molar refractivity (Wildman–Crippen MR) is 74.8 cm³/mol. The van der Waals surface area contributed by atoms with Crippen LogP contribution < -0.4 is 0 Å².